The van der Waals surface area contributed by atoms with Gasteiger partial charge in [0.1, 0.15) is 6.61 Å². The second kappa shape index (κ2) is 9.42. The van der Waals surface area contributed by atoms with Crippen molar-refractivity contribution in [1.29, 1.82) is 0 Å². The molecule has 0 saturated heterocycles. The third-order valence-electron chi connectivity index (χ3n) is 3.70. The molecule has 25 heavy (non-hydrogen) atoms. The summed E-state index contributed by atoms with van der Waals surface area (Å²) in [4.78, 5) is 13.8. The van der Waals surface area contributed by atoms with Crippen molar-refractivity contribution < 1.29 is 19.7 Å². The number of carbonyl (C=O) groups excluding carboxylic acids is 1. The van der Waals surface area contributed by atoms with Crippen LogP contribution >= 0.6 is 11.6 Å². The van der Waals surface area contributed by atoms with Gasteiger partial charge in [-0.15, -0.1) is 0 Å². The van der Waals surface area contributed by atoms with Crippen LogP contribution in [0.3, 0.4) is 0 Å². The van der Waals surface area contributed by atoms with Crippen LogP contribution in [0.15, 0.2) is 48.5 Å². The van der Waals surface area contributed by atoms with Gasteiger partial charge in [0, 0.05) is 11.6 Å². The molecule has 0 aliphatic heterocycles. The van der Waals surface area contributed by atoms with Crippen LogP contribution < -0.4 is 0 Å². The highest BCUT2D eigenvalue weighted by atomic mass is 35.5. The highest BCUT2D eigenvalue weighted by Gasteiger charge is 2.19. The maximum Gasteiger partial charge on any atom is 0.410 e. The van der Waals surface area contributed by atoms with Gasteiger partial charge in [-0.3, -0.25) is 0 Å². The zero-order chi connectivity index (χ0) is 18.2. The quantitative estimate of drug-likeness (QED) is 0.792. The number of aliphatic hydroxyl groups excluding tert-OH is 2. The number of amides is 1. The average molecular weight is 364 g/mol. The smallest absolute Gasteiger partial charge is 0.410 e. The number of rotatable bonds is 7. The molecule has 0 aliphatic carbocycles. The van der Waals surface area contributed by atoms with Crippen LogP contribution in [0, 0.1) is 6.92 Å². The summed E-state index contributed by atoms with van der Waals surface area (Å²) in [6.07, 6.45) is -1.58. The first kappa shape index (κ1) is 19.2. The largest absolute Gasteiger partial charge is 0.445 e. The fourth-order valence-corrected chi connectivity index (χ4v) is 2.47. The Kier molecular flexibility index (Phi) is 7.25. The van der Waals surface area contributed by atoms with Crippen molar-refractivity contribution in [2.45, 2.75) is 26.2 Å². The summed E-state index contributed by atoms with van der Waals surface area (Å²) in [7, 11) is 0. The van der Waals surface area contributed by atoms with Crippen LogP contribution in [0.25, 0.3) is 0 Å². The molecule has 0 saturated carbocycles. The molecule has 2 aromatic carbocycles. The number of aryl methyl sites for hydroxylation is 1. The Bertz CT molecular complexity index is 693. The van der Waals surface area contributed by atoms with Crippen molar-refractivity contribution >= 4 is 17.7 Å². The predicted molar refractivity (Wildman–Crippen MR) is 96.3 cm³/mol. The van der Waals surface area contributed by atoms with E-state index in [2.05, 4.69) is 0 Å². The summed E-state index contributed by atoms with van der Waals surface area (Å²) < 4.78 is 5.33. The molecule has 0 aromatic heterocycles. The number of hydrogen-bond acceptors (Lipinski definition) is 4. The summed E-state index contributed by atoms with van der Waals surface area (Å²) in [5.74, 6) is 0. The first-order valence-electron chi connectivity index (χ1n) is 7.99. The first-order valence-corrected chi connectivity index (χ1v) is 8.37. The van der Waals surface area contributed by atoms with E-state index in [1.54, 1.807) is 6.07 Å². The molecule has 0 spiro atoms. The molecule has 2 aromatic rings. The summed E-state index contributed by atoms with van der Waals surface area (Å²) >= 11 is 6.03. The second-order valence-corrected chi connectivity index (χ2v) is 6.25. The lowest BCUT2D eigenvalue weighted by Gasteiger charge is -2.24. The van der Waals surface area contributed by atoms with Crippen LogP contribution in [-0.4, -0.2) is 40.5 Å². The second-order valence-electron chi connectivity index (χ2n) is 5.84. The van der Waals surface area contributed by atoms with Crippen molar-refractivity contribution in [3.05, 3.63) is 70.2 Å². The molecule has 5 nitrogen and oxygen atoms in total. The van der Waals surface area contributed by atoms with E-state index in [1.165, 1.54) is 4.90 Å². The average Bonchev–Trinajstić information content (AvgIpc) is 2.62. The molecule has 6 heteroatoms. The fraction of sp³-hybridized carbons (Fsp3) is 0.316. The van der Waals surface area contributed by atoms with E-state index < -0.39 is 18.8 Å². The number of nitrogens with zero attached hydrogens (tertiary/aromatic N) is 1. The van der Waals surface area contributed by atoms with E-state index in [1.807, 2.05) is 49.4 Å². The highest BCUT2D eigenvalue weighted by molar-refractivity contribution is 6.31. The first-order chi connectivity index (χ1) is 12.0. The molecule has 1 atom stereocenters. The standard InChI is InChI=1S/C19H22ClNO4/c1-14-9-16(7-8-18(14)20)10-21(11-17(23)12-22)19(24)25-13-15-5-3-2-4-6-15/h2-9,17,22-23H,10-13H2,1H3. The monoisotopic (exact) mass is 363 g/mol. The van der Waals surface area contributed by atoms with Crippen LogP contribution in [-0.2, 0) is 17.9 Å². The zero-order valence-corrected chi connectivity index (χ0v) is 14.8. The third kappa shape index (κ3) is 6.05. The Morgan fingerprint density at radius 2 is 1.92 bits per heavy atom. The Labute approximate surface area is 152 Å². The molecule has 2 rings (SSSR count). The minimum absolute atomic E-state index is 0.0220. The highest BCUT2D eigenvalue weighted by Crippen LogP contribution is 2.18. The van der Waals surface area contributed by atoms with Gasteiger partial charge in [0.25, 0.3) is 0 Å². The zero-order valence-electron chi connectivity index (χ0n) is 14.1. The maximum absolute atomic E-state index is 12.4. The van der Waals surface area contributed by atoms with Gasteiger partial charge < -0.3 is 19.8 Å². The maximum atomic E-state index is 12.4. The Balaban J connectivity index is 2.05. The summed E-state index contributed by atoms with van der Waals surface area (Å²) in [6.45, 7) is 1.83. The molecule has 0 radical (unpaired) electrons. The van der Waals surface area contributed by atoms with Gasteiger partial charge in [-0.2, -0.15) is 0 Å². The molecule has 0 heterocycles. The molecule has 1 amide bonds. The third-order valence-corrected chi connectivity index (χ3v) is 4.13. The SMILES string of the molecule is Cc1cc(CN(CC(O)CO)C(=O)OCc2ccccc2)ccc1Cl. The summed E-state index contributed by atoms with van der Waals surface area (Å²) in [6, 6.07) is 14.8. The normalized spacial score (nSPS) is 11.8. The van der Waals surface area contributed by atoms with Crippen LogP contribution in [0.5, 0.6) is 0 Å². The van der Waals surface area contributed by atoms with Crippen LogP contribution in [0.4, 0.5) is 4.79 Å². The van der Waals surface area contributed by atoms with Crippen molar-refractivity contribution in [1.82, 2.24) is 4.90 Å². The fourth-order valence-electron chi connectivity index (χ4n) is 2.35. The molecule has 134 valence electrons. The predicted octanol–water partition coefficient (Wildman–Crippen LogP) is 3.14. The van der Waals surface area contributed by atoms with E-state index in [0.717, 1.165) is 16.7 Å². The molecule has 0 bridgehead atoms. The van der Waals surface area contributed by atoms with Crippen LogP contribution in [0.1, 0.15) is 16.7 Å². The number of halogens is 1. The van der Waals surface area contributed by atoms with Gasteiger partial charge in [0.05, 0.1) is 19.3 Å². The number of ether oxygens (including phenoxy) is 1. The van der Waals surface area contributed by atoms with Crippen molar-refractivity contribution in [3.63, 3.8) is 0 Å². The number of benzene rings is 2. The van der Waals surface area contributed by atoms with Crippen LogP contribution in [0.2, 0.25) is 5.02 Å². The minimum Gasteiger partial charge on any atom is -0.445 e. The molecule has 0 fully saturated rings. The lowest BCUT2D eigenvalue weighted by atomic mass is 10.1. The Hall–Kier alpha value is -2.08. The van der Waals surface area contributed by atoms with Gasteiger partial charge in [0.15, 0.2) is 0 Å². The van der Waals surface area contributed by atoms with Gasteiger partial charge >= 0.3 is 6.09 Å². The van der Waals surface area contributed by atoms with E-state index in [0.29, 0.717) is 5.02 Å². The topological polar surface area (TPSA) is 70.0 Å². The van der Waals surface area contributed by atoms with Gasteiger partial charge in [-0.1, -0.05) is 54.1 Å². The van der Waals surface area contributed by atoms with E-state index in [-0.39, 0.29) is 19.7 Å². The lowest BCUT2D eigenvalue weighted by Crippen LogP contribution is -2.38. The molecular weight excluding hydrogens is 342 g/mol. The van der Waals surface area contributed by atoms with Gasteiger partial charge in [-0.05, 0) is 29.7 Å². The van der Waals surface area contributed by atoms with Crippen molar-refractivity contribution in [2.75, 3.05) is 13.2 Å². The minimum atomic E-state index is -1.03. The Morgan fingerprint density at radius 3 is 2.56 bits per heavy atom. The molecule has 0 aliphatic rings. The number of aliphatic hydroxyl groups is 2. The summed E-state index contributed by atoms with van der Waals surface area (Å²) in [5, 5.41) is 19.4. The van der Waals surface area contributed by atoms with E-state index in [9.17, 15) is 9.90 Å². The van der Waals surface area contributed by atoms with Gasteiger partial charge in [-0.25, -0.2) is 4.79 Å². The van der Waals surface area contributed by atoms with E-state index in [4.69, 9.17) is 21.4 Å². The van der Waals surface area contributed by atoms with Crippen molar-refractivity contribution in [2.24, 2.45) is 0 Å². The van der Waals surface area contributed by atoms with E-state index >= 15 is 0 Å². The molecular formula is C19H22ClNO4. The van der Waals surface area contributed by atoms with Crippen molar-refractivity contribution in [3.8, 4) is 0 Å². The van der Waals surface area contributed by atoms with Gasteiger partial charge in [0.2, 0.25) is 0 Å². The molecule has 1 unspecified atom stereocenters. The number of hydrogen-bond donors (Lipinski definition) is 2. The summed E-state index contributed by atoms with van der Waals surface area (Å²) in [5.41, 5.74) is 2.64. The number of carbonyl (C=O) groups is 1. The lowest BCUT2D eigenvalue weighted by molar-refractivity contribution is 0.0421. The molecule has 2 N–H and O–H groups in total. The Morgan fingerprint density at radius 1 is 1.20 bits per heavy atom.